The van der Waals surface area contributed by atoms with Crippen molar-refractivity contribution in [3.05, 3.63) is 63.2 Å². The highest BCUT2D eigenvalue weighted by Gasteiger charge is 2.28. The Balaban J connectivity index is 1.63. The minimum absolute atomic E-state index is 0.00583. The van der Waals surface area contributed by atoms with E-state index in [-0.39, 0.29) is 17.6 Å². The molecular weight excluding hydrogens is 380 g/mol. The number of benzene rings is 2. The molecule has 1 fully saturated rings. The van der Waals surface area contributed by atoms with Gasteiger partial charge in [0.1, 0.15) is 5.69 Å². The number of amides is 1. The standard InChI is InChI=1S/C20H23ClN4O3/c1-14-5-3-4-6-17(14)22-20(26)15(2)23-9-11-24(12-10-23)18-8-7-16(21)13-19(18)25(27)28/h3-8,13,15H,9-12H2,1-2H3,(H,22,26). The van der Waals surface area contributed by atoms with Gasteiger partial charge in [0.05, 0.1) is 11.0 Å². The number of rotatable bonds is 5. The fraction of sp³-hybridized carbons (Fsp3) is 0.350. The number of hydrogen-bond donors (Lipinski definition) is 1. The lowest BCUT2D eigenvalue weighted by atomic mass is 10.1. The van der Waals surface area contributed by atoms with Gasteiger partial charge in [0.2, 0.25) is 5.91 Å². The maximum absolute atomic E-state index is 12.6. The van der Waals surface area contributed by atoms with Crippen LogP contribution in [0.3, 0.4) is 0 Å². The van der Waals surface area contributed by atoms with Gasteiger partial charge in [-0.05, 0) is 37.6 Å². The lowest BCUT2D eigenvalue weighted by Gasteiger charge is -2.38. The van der Waals surface area contributed by atoms with Gasteiger partial charge in [0, 0.05) is 43.0 Å². The maximum atomic E-state index is 12.6. The molecule has 0 saturated carbocycles. The molecule has 0 radical (unpaired) electrons. The zero-order valence-corrected chi connectivity index (χ0v) is 16.6. The Morgan fingerprint density at radius 3 is 2.50 bits per heavy atom. The molecule has 1 atom stereocenters. The lowest BCUT2D eigenvalue weighted by Crippen LogP contribution is -2.53. The summed E-state index contributed by atoms with van der Waals surface area (Å²) < 4.78 is 0. The van der Waals surface area contributed by atoms with Crippen LogP contribution in [-0.4, -0.2) is 48.0 Å². The highest BCUT2D eigenvalue weighted by atomic mass is 35.5. The first-order valence-corrected chi connectivity index (χ1v) is 9.54. The van der Waals surface area contributed by atoms with Gasteiger partial charge in [-0.3, -0.25) is 19.8 Å². The quantitative estimate of drug-likeness (QED) is 0.609. The smallest absolute Gasteiger partial charge is 0.294 e. The van der Waals surface area contributed by atoms with Crippen LogP contribution in [0.5, 0.6) is 0 Å². The molecule has 0 aliphatic carbocycles. The summed E-state index contributed by atoms with van der Waals surface area (Å²) in [6.07, 6.45) is 0. The van der Waals surface area contributed by atoms with E-state index in [9.17, 15) is 14.9 Å². The summed E-state index contributed by atoms with van der Waals surface area (Å²) in [5.41, 5.74) is 2.40. The largest absolute Gasteiger partial charge is 0.363 e. The van der Waals surface area contributed by atoms with E-state index >= 15 is 0 Å². The van der Waals surface area contributed by atoms with Crippen molar-refractivity contribution in [1.82, 2.24) is 4.90 Å². The van der Waals surface area contributed by atoms with Gasteiger partial charge in [-0.2, -0.15) is 0 Å². The minimum Gasteiger partial charge on any atom is -0.363 e. The van der Waals surface area contributed by atoms with Crippen LogP contribution >= 0.6 is 11.6 Å². The summed E-state index contributed by atoms with van der Waals surface area (Å²) in [6, 6.07) is 12.1. The van der Waals surface area contributed by atoms with Crippen molar-refractivity contribution >= 4 is 34.6 Å². The predicted octanol–water partition coefficient (Wildman–Crippen LogP) is 3.71. The number of halogens is 1. The summed E-state index contributed by atoms with van der Waals surface area (Å²) >= 11 is 5.90. The number of nitrogens with zero attached hydrogens (tertiary/aromatic N) is 3. The second-order valence-corrected chi connectivity index (χ2v) is 7.33. The Hall–Kier alpha value is -2.64. The number of carbonyl (C=O) groups excluding carboxylic acids is 1. The average molecular weight is 403 g/mol. The molecule has 1 aliphatic heterocycles. The van der Waals surface area contributed by atoms with Crippen LogP contribution in [0.4, 0.5) is 17.1 Å². The summed E-state index contributed by atoms with van der Waals surface area (Å²) in [5, 5.41) is 14.7. The van der Waals surface area contributed by atoms with E-state index in [2.05, 4.69) is 10.2 Å². The molecule has 0 aromatic heterocycles. The van der Waals surface area contributed by atoms with Crippen LogP contribution in [0, 0.1) is 17.0 Å². The van der Waals surface area contributed by atoms with E-state index in [1.807, 2.05) is 43.0 Å². The number of para-hydroxylation sites is 1. The van der Waals surface area contributed by atoms with E-state index in [1.165, 1.54) is 6.07 Å². The highest BCUT2D eigenvalue weighted by molar-refractivity contribution is 6.30. The first kappa shape index (κ1) is 20.1. The Kier molecular flexibility index (Phi) is 6.16. The number of nitro benzene ring substituents is 1. The third-order valence-electron chi connectivity index (χ3n) is 5.12. The molecule has 1 unspecified atom stereocenters. The molecule has 1 aliphatic rings. The summed E-state index contributed by atoms with van der Waals surface area (Å²) in [5.74, 6) is -0.0553. The number of nitrogens with one attached hydrogen (secondary N) is 1. The van der Waals surface area contributed by atoms with Crippen molar-refractivity contribution in [1.29, 1.82) is 0 Å². The van der Waals surface area contributed by atoms with Crippen molar-refractivity contribution in [3.8, 4) is 0 Å². The zero-order chi connectivity index (χ0) is 20.3. The molecule has 148 valence electrons. The van der Waals surface area contributed by atoms with Crippen LogP contribution in [0.25, 0.3) is 0 Å². The molecule has 2 aromatic carbocycles. The van der Waals surface area contributed by atoms with Crippen molar-refractivity contribution in [2.24, 2.45) is 0 Å². The van der Waals surface area contributed by atoms with Crippen molar-refractivity contribution in [2.45, 2.75) is 19.9 Å². The van der Waals surface area contributed by atoms with E-state index in [0.717, 1.165) is 11.3 Å². The molecule has 7 nitrogen and oxygen atoms in total. The number of hydrogen-bond acceptors (Lipinski definition) is 5. The van der Waals surface area contributed by atoms with Crippen molar-refractivity contribution in [2.75, 3.05) is 36.4 Å². The van der Waals surface area contributed by atoms with E-state index in [0.29, 0.717) is 36.9 Å². The number of anilines is 2. The maximum Gasteiger partial charge on any atom is 0.294 e. The van der Waals surface area contributed by atoms with Gasteiger partial charge in [-0.25, -0.2) is 0 Å². The molecule has 1 heterocycles. The van der Waals surface area contributed by atoms with E-state index < -0.39 is 4.92 Å². The fourth-order valence-electron chi connectivity index (χ4n) is 3.38. The zero-order valence-electron chi connectivity index (χ0n) is 15.9. The Morgan fingerprint density at radius 2 is 1.86 bits per heavy atom. The molecule has 8 heteroatoms. The van der Waals surface area contributed by atoms with Gasteiger partial charge < -0.3 is 10.2 Å². The van der Waals surface area contributed by atoms with Gasteiger partial charge in [-0.1, -0.05) is 29.8 Å². The van der Waals surface area contributed by atoms with E-state index in [4.69, 9.17) is 11.6 Å². The summed E-state index contributed by atoms with van der Waals surface area (Å²) in [4.78, 5) is 27.6. The van der Waals surface area contributed by atoms with Gasteiger partial charge in [0.25, 0.3) is 5.69 Å². The second-order valence-electron chi connectivity index (χ2n) is 6.89. The summed E-state index contributed by atoms with van der Waals surface area (Å²) in [7, 11) is 0. The van der Waals surface area contributed by atoms with Crippen molar-refractivity contribution < 1.29 is 9.72 Å². The van der Waals surface area contributed by atoms with Gasteiger partial charge in [0.15, 0.2) is 0 Å². The number of carbonyl (C=O) groups is 1. The Morgan fingerprint density at radius 1 is 1.18 bits per heavy atom. The van der Waals surface area contributed by atoms with E-state index in [1.54, 1.807) is 12.1 Å². The molecule has 1 saturated heterocycles. The first-order valence-electron chi connectivity index (χ1n) is 9.16. The third kappa shape index (κ3) is 4.43. The second kappa shape index (κ2) is 8.58. The predicted molar refractivity (Wildman–Crippen MR) is 111 cm³/mol. The van der Waals surface area contributed by atoms with Crippen LogP contribution in [-0.2, 0) is 4.79 Å². The molecular formula is C20H23ClN4O3. The van der Waals surface area contributed by atoms with Crippen LogP contribution < -0.4 is 10.2 Å². The lowest BCUT2D eigenvalue weighted by molar-refractivity contribution is -0.384. The van der Waals surface area contributed by atoms with Gasteiger partial charge >= 0.3 is 0 Å². The molecule has 0 bridgehead atoms. The van der Waals surface area contributed by atoms with Crippen LogP contribution in [0.1, 0.15) is 12.5 Å². The monoisotopic (exact) mass is 402 g/mol. The molecule has 28 heavy (non-hydrogen) atoms. The number of aryl methyl sites for hydroxylation is 1. The van der Waals surface area contributed by atoms with Crippen LogP contribution in [0.2, 0.25) is 5.02 Å². The molecule has 1 N–H and O–H groups in total. The topological polar surface area (TPSA) is 78.7 Å². The normalized spacial score (nSPS) is 15.9. The Labute approximate surface area is 169 Å². The number of piperazine rings is 1. The SMILES string of the molecule is Cc1ccccc1NC(=O)C(C)N1CCN(c2ccc(Cl)cc2[N+](=O)[O-])CC1. The van der Waals surface area contributed by atoms with Crippen molar-refractivity contribution in [3.63, 3.8) is 0 Å². The summed E-state index contributed by atoms with van der Waals surface area (Å²) in [6.45, 7) is 6.32. The molecule has 2 aromatic rings. The Bertz CT molecular complexity index is 882. The number of nitro groups is 1. The highest BCUT2D eigenvalue weighted by Crippen LogP contribution is 2.31. The molecule has 3 rings (SSSR count). The average Bonchev–Trinajstić information content (AvgIpc) is 2.69. The molecule has 1 amide bonds. The van der Waals surface area contributed by atoms with Crippen LogP contribution in [0.15, 0.2) is 42.5 Å². The van der Waals surface area contributed by atoms with Gasteiger partial charge in [-0.15, -0.1) is 0 Å². The minimum atomic E-state index is -0.411. The molecule has 0 spiro atoms. The first-order chi connectivity index (χ1) is 13.4. The fourth-order valence-corrected chi connectivity index (χ4v) is 3.54. The third-order valence-corrected chi connectivity index (χ3v) is 5.35.